The third-order valence-corrected chi connectivity index (χ3v) is 2.01. The van der Waals surface area contributed by atoms with Crippen LogP contribution in [0.4, 0.5) is 0 Å². The van der Waals surface area contributed by atoms with Crippen molar-refractivity contribution in [1.82, 2.24) is 0 Å². The molecule has 1 radical (unpaired) electrons. The molecule has 0 unspecified atom stereocenters. The average molecular weight is 179 g/mol. The third-order valence-electron chi connectivity index (χ3n) is 2.01. The summed E-state index contributed by atoms with van der Waals surface area (Å²) >= 11 is 0. The van der Waals surface area contributed by atoms with Gasteiger partial charge in [-0.15, -0.1) is 0 Å². The minimum Gasteiger partial charge on any atom is -0.0839 e. The van der Waals surface area contributed by atoms with E-state index in [9.17, 15) is 0 Å². The minimum absolute atomic E-state index is 1.18. The van der Waals surface area contributed by atoms with Crippen molar-refractivity contribution in [2.45, 2.75) is 58.8 Å². The zero-order valence-corrected chi connectivity index (χ0v) is 9.18. The highest BCUT2D eigenvalue weighted by Crippen LogP contribution is 1.99. The molecule has 0 aliphatic carbocycles. The van der Waals surface area contributed by atoms with Crippen LogP contribution in [0, 0.1) is 6.08 Å². The van der Waals surface area contributed by atoms with Gasteiger partial charge in [0.2, 0.25) is 0 Å². The fourth-order valence-electron chi connectivity index (χ4n) is 1.12. The molecular formula is C13H23. The molecule has 0 heterocycles. The molecule has 0 saturated heterocycles. The van der Waals surface area contributed by atoms with Crippen molar-refractivity contribution in [1.29, 1.82) is 0 Å². The lowest BCUT2D eigenvalue weighted by atomic mass is 10.2. The molecule has 0 aliphatic rings. The van der Waals surface area contributed by atoms with Crippen LogP contribution in [0.5, 0.6) is 0 Å². The lowest BCUT2D eigenvalue weighted by Gasteiger charge is -1.89. The van der Waals surface area contributed by atoms with Crippen molar-refractivity contribution >= 4 is 0 Å². The lowest BCUT2D eigenvalue weighted by molar-refractivity contribution is 0.729. The summed E-state index contributed by atoms with van der Waals surface area (Å²) in [5.74, 6) is 0. The van der Waals surface area contributed by atoms with E-state index in [2.05, 4.69) is 38.2 Å². The van der Waals surface area contributed by atoms with Gasteiger partial charge < -0.3 is 0 Å². The first-order valence-electron chi connectivity index (χ1n) is 5.64. The van der Waals surface area contributed by atoms with E-state index in [1.54, 1.807) is 0 Å². The highest BCUT2D eigenvalue weighted by molar-refractivity contribution is 4.94. The van der Waals surface area contributed by atoms with Crippen LogP contribution in [0.3, 0.4) is 0 Å². The largest absolute Gasteiger partial charge is 0.0839 e. The maximum Gasteiger partial charge on any atom is -0.0230 e. The summed E-state index contributed by atoms with van der Waals surface area (Å²) in [5.41, 5.74) is 0. The van der Waals surface area contributed by atoms with Crippen LogP contribution in [-0.4, -0.2) is 0 Å². The molecule has 13 heavy (non-hydrogen) atoms. The molecule has 0 aromatic rings. The summed E-state index contributed by atoms with van der Waals surface area (Å²) in [6.07, 6.45) is 18.5. The molecule has 0 aromatic carbocycles. The van der Waals surface area contributed by atoms with E-state index >= 15 is 0 Å². The SMILES string of the molecule is CCCC/C=[C]/C=CCCCCC. The number of hydrogen-bond donors (Lipinski definition) is 0. The standard InChI is InChI=1S/C13H23/c1-3-5-7-9-11-13-12-10-8-6-4-2/h9,12-13H,3-8,10H2,1-2H3. The minimum atomic E-state index is 1.18. The molecular weight excluding hydrogens is 156 g/mol. The molecule has 0 atom stereocenters. The van der Waals surface area contributed by atoms with Crippen molar-refractivity contribution in [2.75, 3.05) is 0 Å². The van der Waals surface area contributed by atoms with Crippen molar-refractivity contribution in [3.63, 3.8) is 0 Å². The maximum absolute atomic E-state index is 3.19. The molecule has 0 spiro atoms. The maximum atomic E-state index is 3.19. The first-order valence-corrected chi connectivity index (χ1v) is 5.64. The third kappa shape index (κ3) is 11.5. The van der Waals surface area contributed by atoms with E-state index in [-0.39, 0.29) is 0 Å². The van der Waals surface area contributed by atoms with Gasteiger partial charge in [0.25, 0.3) is 0 Å². The Morgan fingerprint density at radius 1 is 0.923 bits per heavy atom. The highest BCUT2D eigenvalue weighted by atomic mass is 13.9. The Morgan fingerprint density at radius 2 is 1.69 bits per heavy atom. The Hall–Kier alpha value is -0.520. The summed E-state index contributed by atoms with van der Waals surface area (Å²) in [6.45, 7) is 4.45. The van der Waals surface area contributed by atoms with Gasteiger partial charge >= 0.3 is 0 Å². The lowest BCUT2D eigenvalue weighted by Crippen LogP contribution is -1.70. The smallest absolute Gasteiger partial charge is 0.0230 e. The van der Waals surface area contributed by atoms with Gasteiger partial charge in [0.1, 0.15) is 0 Å². The van der Waals surface area contributed by atoms with Crippen molar-refractivity contribution in [3.05, 3.63) is 24.3 Å². The molecule has 0 aromatic heterocycles. The van der Waals surface area contributed by atoms with E-state index in [4.69, 9.17) is 0 Å². The summed E-state index contributed by atoms with van der Waals surface area (Å²) < 4.78 is 0. The van der Waals surface area contributed by atoms with Crippen LogP contribution in [0.1, 0.15) is 58.8 Å². The first-order chi connectivity index (χ1) is 6.41. The van der Waals surface area contributed by atoms with E-state index in [0.717, 1.165) is 0 Å². The summed E-state index contributed by atoms with van der Waals surface area (Å²) in [5, 5.41) is 0. The molecule has 0 aliphatic heterocycles. The van der Waals surface area contributed by atoms with Gasteiger partial charge in [-0.2, -0.15) is 0 Å². The van der Waals surface area contributed by atoms with Crippen LogP contribution in [0.2, 0.25) is 0 Å². The predicted molar refractivity (Wildman–Crippen MR) is 60.6 cm³/mol. The fraction of sp³-hybridized carbons (Fsp3) is 0.692. The van der Waals surface area contributed by atoms with Crippen molar-refractivity contribution in [2.24, 2.45) is 0 Å². The van der Waals surface area contributed by atoms with Crippen LogP contribution in [-0.2, 0) is 0 Å². The van der Waals surface area contributed by atoms with Gasteiger partial charge in [-0.3, -0.25) is 0 Å². The van der Waals surface area contributed by atoms with Crippen LogP contribution in [0.15, 0.2) is 18.2 Å². The Morgan fingerprint density at radius 3 is 2.38 bits per heavy atom. The monoisotopic (exact) mass is 179 g/mol. The van der Waals surface area contributed by atoms with Gasteiger partial charge in [-0.25, -0.2) is 0 Å². The van der Waals surface area contributed by atoms with E-state index in [1.807, 2.05) is 0 Å². The molecule has 0 bridgehead atoms. The van der Waals surface area contributed by atoms with Crippen LogP contribution in [0.25, 0.3) is 0 Å². The predicted octanol–water partition coefficient (Wildman–Crippen LogP) is 4.67. The summed E-state index contributed by atoms with van der Waals surface area (Å²) in [6, 6.07) is 0. The molecule has 0 saturated carbocycles. The average Bonchev–Trinajstić information content (AvgIpc) is 2.16. The Kier molecular flexibility index (Phi) is 11.0. The van der Waals surface area contributed by atoms with Crippen molar-refractivity contribution in [3.8, 4) is 0 Å². The van der Waals surface area contributed by atoms with Gasteiger partial charge in [-0.05, 0) is 25.3 Å². The number of hydrogen-bond acceptors (Lipinski definition) is 0. The van der Waals surface area contributed by atoms with Gasteiger partial charge in [0.15, 0.2) is 0 Å². The quantitative estimate of drug-likeness (QED) is 0.375. The molecule has 0 amide bonds. The Labute approximate surface area is 83.7 Å². The van der Waals surface area contributed by atoms with Gasteiger partial charge in [0, 0.05) is 0 Å². The second kappa shape index (κ2) is 11.5. The van der Waals surface area contributed by atoms with E-state index in [1.165, 1.54) is 44.9 Å². The van der Waals surface area contributed by atoms with Crippen LogP contribution >= 0.6 is 0 Å². The van der Waals surface area contributed by atoms with Gasteiger partial charge in [0.05, 0.1) is 0 Å². The number of unbranched alkanes of at least 4 members (excludes halogenated alkanes) is 5. The molecule has 0 heteroatoms. The zero-order chi connectivity index (χ0) is 9.78. The topological polar surface area (TPSA) is 0 Å². The zero-order valence-electron chi connectivity index (χ0n) is 9.18. The van der Waals surface area contributed by atoms with E-state index in [0.29, 0.717) is 0 Å². The normalized spacial score (nSPS) is 11.8. The molecule has 0 rings (SSSR count). The summed E-state index contributed by atoms with van der Waals surface area (Å²) in [7, 11) is 0. The molecule has 0 fully saturated rings. The fourth-order valence-corrected chi connectivity index (χ4v) is 1.12. The molecule has 0 nitrogen and oxygen atoms in total. The van der Waals surface area contributed by atoms with Gasteiger partial charge in [-0.1, -0.05) is 57.8 Å². The second-order valence-corrected chi connectivity index (χ2v) is 3.41. The molecule has 0 N–H and O–H groups in total. The summed E-state index contributed by atoms with van der Waals surface area (Å²) in [4.78, 5) is 0. The van der Waals surface area contributed by atoms with E-state index < -0.39 is 0 Å². The number of allylic oxidation sites excluding steroid dienone is 4. The van der Waals surface area contributed by atoms with Crippen LogP contribution < -0.4 is 0 Å². The first kappa shape index (κ1) is 12.5. The highest BCUT2D eigenvalue weighted by Gasteiger charge is 1.80. The van der Waals surface area contributed by atoms with Crippen molar-refractivity contribution < 1.29 is 0 Å². The second-order valence-electron chi connectivity index (χ2n) is 3.41. The number of rotatable bonds is 8. The molecule has 75 valence electrons. The Balaban J connectivity index is 3.15. The Bertz CT molecular complexity index is 131.